The van der Waals surface area contributed by atoms with Crippen LogP contribution in [0, 0.1) is 0 Å². The van der Waals surface area contributed by atoms with Crippen molar-refractivity contribution in [3.05, 3.63) is 29.3 Å². The summed E-state index contributed by atoms with van der Waals surface area (Å²) in [5.74, 6) is 0.157. The molecule has 0 spiro atoms. The molecule has 1 aromatic carbocycles. The first kappa shape index (κ1) is 14.8. The lowest BCUT2D eigenvalue weighted by Gasteiger charge is -2.20. The van der Waals surface area contributed by atoms with Crippen molar-refractivity contribution >= 4 is 24.0 Å². The average molecular weight is 269 g/mol. The molecule has 1 aromatic rings. The summed E-state index contributed by atoms with van der Waals surface area (Å²) in [6, 6.07) is 5.99. The highest BCUT2D eigenvalue weighted by molar-refractivity contribution is 5.95. The number of nitrogens with one attached hydrogen (secondary N) is 1. The van der Waals surface area contributed by atoms with Crippen LogP contribution in [0.15, 0.2) is 18.2 Å². The van der Waals surface area contributed by atoms with E-state index in [2.05, 4.69) is 12.2 Å². The minimum atomic E-state index is 0. The van der Waals surface area contributed by atoms with E-state index in [0.717, 1.165) is 38.0 Å². The summed E-state index contributed by atoms with van der Waals surface area (Å²) >= 11 is 0. The van der Waals surface area contributed by atoms with Gasteiger partial charge >= 0.3 is 0 Å². The van der Waals surface area contributed by atoms with E-state index in [1.165, 1.54) is 11.3 Å². The van der Waals surface area contributed by atoms with E-state index in [1.807, 2.05) is 30.0 Å². The molecule has 1 heterocycles. The van der Waals surface area contributed by atoms with Gasteiger partial charge in [-0.2, -0.15) is 0 Å². The van der Waals surface area contributed by atoms with Crippen molar-refractivity contribution in [1.29, 1.82) is 0 Å². The first-order valence-corrected chi connectivity index (χ1v) is 6.42. The monoisotopic (exact) mass is 268 g/mol. The number of carbonyl (C=O) groups excluding carboxylic acids is 1. The van der Waals surface area contributed by atoms with Gasteiger partial charge in [-0.15, -0.1) is 12.4 Å². The Morgan fingerprint density at radius 2 is 2.17 bits per heavy atom. The van der Waals surface area contributed by atoms with Gasteiger partial charge in [0.05, 0.1) is 0 Å². The summed E-state index contributed by atoms with van der Waals surface area (Å²) in [7, 11) is 0. The number of rotatable bonds is 4. The van der Waals surface area contributed by atoms with Gasteiger partial charge in [0.15, 0.2) is 0 Å². The van der Waals surface area contributed by atoms with Crippen LogP contribution in [0.2, 0.25) is 0 Å². The zero-order valence-corrected chi connectivity index (χ0v) is 11.8. The van der Waals surface area contributed by atoms with Crippen molar-refractivity contribution in [3.63, 3.8) is 0 Å². The molecule has 0 fully saturated rings. The van der Waals surface area contributed by atoms with Crippen LogP contribution < -0.4 is 5.32 Å². The summed E-state index contributed by atoms with van der Waals surface area (Å²) < 4.78 is 0. The van der Waals surface area contributed by atoms with Gasteiger partial charge in [-0.25, -0.2) is 0 Å². The number of hydrogen-bond donors (Lipinski definition) is 1. The zero-order chi connectivity index (χ0) is 12.3. The molecular formula is C14H21ClN2O. The summed E-state index contributed by atoms with van der Waals surface area (Å²) in [4.78, 5) is 14.2. The quantitative estimate of drug-likeness (QED) is 0.911. The molecule has 1 amide bonds. The van der Waals surface area contributed by atoms with Crippen molar-refractivity contribution in [1.82, 2.24) is 4.90 Å². The number of halogens is 1. The van der Waals surface area contributed by atoms with Gasteiger partial charge in [0, 0.05) is 30.9 Å². The Morgan fingerprint density at radius 1 is 1.39 bits per heavy atom. The van der Waals surface area contributed by atoms with Crippen LogP contribution >= 0.6 is 12.4 Å². The highest BCUT2D eigenvalue weighted by Crippen LogP contribution is 2.23. The highest BCUT2D eigenvalue weighted by atomic mass is 35.5. The first-order chi connectivity index (χ1) is 8.26. The van der Waals surface area contributed by atoms with Crippen LogP contribution in [-0.4, -0.2) is 30.4 Å². The Morgan fingerprint density at radius 3 is 2.83 bits per heavy atom. The Balaban J connectivity index is 0.00000162. The second kappa shape index (κ2) is 6.64. The van der Waals surface area contributed by atoms with E-state index in [4.69, 9.17) is 0 Å². The number of amides is 1. The van der Waals surface area contributed by atoms with Gasteiger partial charge in [-0.3, -0.25) is 4.79 Å². The number of hydrogen-bond acceptors (Lipinski definition) is 2. The Labute approximate surface area is 115 Å². The molecule has 1 N–H and O–H groups in total. The molecule has 1 aliphatic heterocycles. The van der Waals surface area contributed by atoms with E-state index in [-0.39, 0.29) is 18.3 Å². The number of fused-ring (bicyclic) bond motifs is 1. The molecule has 0 aliphatic carbocycles. The predicted molar refractivity (Wildman–Crippen MR) is 77.8 cm³/mol. The SMILES string of the molecule is CCCN(CC)C(=O)c1ccc2c(c1)CCN2.Cl. The van der Waals surface area contributed by atoms with Gasteiger partial charge in [0.25, 0.3) is 5.91 Å². The van der Waals surface area contributed by atoms with Crippen LogP contribution in [0.3, 0.4) is 0 Å². The smallest absolute Gasteiger partial charge is 0.253 e. The highest BCUT2D eigenvalue weighted by Gasteiger charge is 2.16. The fraction of sp³-hybridized carbons (Fsp3) is 0.500. The molecule has 0 bridgehead atoms. The largest absolute Gasteiger partial charge is 0.384 e. The molecule has 0 unspecified atom stereocenters. The topological polar surface area (TPSA) is 32.3 Å². The van der Waals surface area contributed by atoms with Crippen LogP contribution in [0.1, 0.15) is 36.2 Å². The normalized spacial score (nSPS) is 12.3. The summed E-state index contributed by atoms with van der Waals surface area (Å²) in [6.45, 7) is 6.73. The number of benzene rings is 1. The van der Waals surface area contributed by atoms with E-state index in [1.54, 1.807) is 0 Å². The van der Waals surface area contributed by atoms with Gasteiger partial charge in [-0.05, 0) is 43.5 Å². The summed E-state index contributed by atoms with van der Waals surface area (Å²) in [5.41, 5.74) is 3.27. The summed E-state index contributed by atoms with van der Waals surface area (Å²) in [6.07, 6.45) is 2.03. The molecule has 3 nitrogen and oxygen atoms in total. The minimum Gasteiger partial charge on any atom is -0.384 e. The molecule has 0 saturated heterocycles. The van der Waals surface area contributed by atoms with E-state index in [9.17, 15) is 4.79 Å². The van der Waals surface area contributed by atoms with Crippen molar-refractivity contribution in [3.8, 4) is 0 Å². The molecule has 0 saturated carbocycles. The maximum absolute atomic E-state index is 12.3. The van der Waals surface area contributed by atoms with E-state index >= 15 is 0 Å². The minimum absolute atomic E-state index is 0. The van der Waals surface area contributed by atoms with Crippen LogP contribution in [-0.2, 0) is 6.42 Å². The third-order valence-electron chi connectivity index (χ3n) is 3.22. The van der Waals surface area contributed by atoms with Crippen molar-refractivity contribution in [2.75, 3.05) is 25.0 Å². The zero-order valence-electron chi connectivity index (χ0n) is 11.0. The van der Waals surface area contributed by atoms with Crippen molar-refractivity contribution in [2.45, 2.75) is 26.7 Å². The first-order valence-electron chi connectivity index (χ1n) is 6.42. The standard InChI is InChI=1S/C14H20N2O.ClH/c1-3-9-16(4-2)14(17)12-5-6-13-11(10-12)7-8-15-13;/h5-6,10,15H,3-4,7-9H2,1-2H3;1H. The summed E-state index contributed by atoms with van der Waals surface area (Å²) in [5, 5.41) is 3.31. The molecule has 0 atom stereocenters. The van der Waals surface area contributed by atoms with Crippen molar-refractivity contribution in [2.24, 2.45) is 0 Å². The van der Waals surface area contributed by atoms with E-state index in [0.29, 0.717) is 0 Å². The predicted octanol–water partition coefficient (Wildman–Crippen LogP) is 2.95. The Hall–Kier alpha value is -1.22. The number of carbonyl (C=O) groups is 1. The lowest BCUT2D eigenvalue weighted by molar-refractivity contribution is 0.0764. The molecular weight excluding hydrogens is 248 g/mol. The molecule has 4 heteroatoms. The molecule has 2 rings (SSSR count). The number of anilines is 1. The molecule has 18 heavy (non-hydrogen) atoms. The van der Waals surface area contributed by atoms with Gasteiger partial charge in [0.2, 0.25) is 0 Å². The van der Waals surface area contributed by atoms with Crippen LogP contribution in [0.25, 0.3) is 0 Å². The molecule has 0 aromatic heterocycles. The van der Waals surface area contributed by atoms with Gasteiger partial charge < -0.3 is 10.2 Å². The van der Waals surface area contributed by atoms with Crippen LogP contribution in [0.5, 0.6) is 0 Å². The van der Waals surface area contributed by atoms with Crippen molar-refractivity contribution < 1.29 is 4.79 Å². The maximum Gasteiger partial charge on any atom is 0.253 e. The fourth-order valence-corrected chi connectivity index (χ4v) is 2.29. The maximum atomic E-state index is 12.3. The van der Waals surface area contributed by atoms with Gasteiger partial charge in [-0.1, -0.05) is 6.92 Å². The molecule has 100 valence electrons. The second-order valence-corrected chi connectivity index (χ2v) is 4.43. The van der Waals surface area contributed by atoms with E-state index < -0.39 is 0 Å². The van der Waals surface area contributed by atoms with Crippen LogP contribution in [0.4, 0.5) is 5.69 Å². The Bertz CT molecular complexity index is 420. The number of nitrogens with zero attached hydrogens (tertiary/aromatic N) is 1. The third kappa shape index (κ3) is 2.96. The average Bonchev–Trinajstić information content (AvgIpc) is 2.82. The second-order valence-electron chi connectivity index (χ2n) is 4.43. The molecule has 1 aliphatic rings. The Kier molecular flexibility index (Phi) is 5.48. The lowest BCUT2D eigenvalue weighted by Crippen LogP contribution is -2.31. The molecule has 0 radical (unpaired) electrons. The fourth-order valence-electron chi connectivity index (χ4n) is 2.29. The lowest BCUT2D eigenvalue weighted by atomic mass is 10.1. The third-order valence-corrected chi connectivity index (χ3v) is 3.22. The van der Waals surface area contributed by atoms with Gasteiger partial charge in [0.1, 0.15) is 0 Å².